The molecule has 42 heavy (non-hydrogen) atoms. The van der Waals surface area contributed by atoms with Crippen LogP contribution in [0.15, 0.2) is 93.2 Å². The first-order chi connectivity index (χ1) is 20.3. The number of hydrogen-bond donors (Lipinski definition) is 1. The van der Waals surface area contributed by atoms with E-state index in [9.17, 15) is 9.59 Å². The molecule has 0 saturated carbocycles. The number of allylic oxidation sites excluding steroid dienone is 2. The highest BCUT2D eigenvalue weighted by molar-refractivity contribution is 6.99. The maximum Gasteiger partial charge on any atom is 0.337 e. The zero-order chi connectivity index (χ0) is 30.0. The van der Waals surface area contributed by atoms with E-state index in [1.54, 1.807) is 6.07 Å². The third-order valence-electron chi connectivity index (χ3n) is 8.45. The maximum absolute atomic E-state index is 12.5. The van der Waals surface area contributed by atoms with Gasteiger partial charge in [0.1, 0.15) is 12.0 Å². The van der Waals surface area contributed by atoms with Crippen molar-refractivity contribution in [2.75, 3.05) is 11.9 Å². The second-order valence-corrected chi connectivity index (χ2v) is 16.8. The van der Waals surface area contributed by atoms with Gasteiger partial charge in [-0.15, -0.1) is 0 Å². The fourth-order valence-electron chi connectivity index (χ4n) is 6.28. The Hall–Kier alpha value is -3.22. The standard InChI is InChI=1S/C36H47NO4Si/c1-5-6-17-32-24-31(25-35(39)41-32)37-30(23-22-28-15-13-14-16-29(28)26-38)27-40-42(36(2,3)4,33-18-9-7-10-19-33)34-20-11-8-12-21-34/h7-12,18-21,24-26,30,37H,5-6,13-17,22-23,27H2,1-4H3/t30-/m1/s1. The zero-order valence-corrected chi connectivity index (χ0v) is 26.8. The molecule has 6 heteroatoms. The van der Waals surface area contributed by atoms with Crippen molar-refractivity contribution in [1.29, 1.82) is 0 Å². The molecule has 0 fully saturated rings. The molecule has 3 aromatic rings. The molecule has 0 spiro atoms. The molecule has 224 valence electrons. The van der Waals surface area contributed by atoms with Gasteiger partial charge in [0, 0.05) is 30.3 Å². The monoisotopic (exact) mass is 585 g/mol. The fourth-order valence-corrected chi connectivity index (χ4v) is 10.9. The number of carbonyl (C=O) groups is 1. The molecule has 0 unspecified atom stereocenters. The van der Waals surface area contributed by atoms with Crippen molar-refractivity contribution in [3.05, 3.63) is 100 Å². The molecule has 0 saturated heterocycles. The minimum absolute atomic E-state index is 0.0604. The Balaban J connectivity index is 1.69. The molecule has 4 rings (SSSR count). The number of aryl methyl sites for hydroxylation is 1. The molecule has 1 heterocycles. The van der Waals surface area contributed by atoms with Gasteiger partial charge in [0.05, 0.1) is 6.61 Å². The van der Waals surface area contributed by atoms with E-state index >= 15 is 0 Å². The van der Waals surface area contributed by atoms with Crippen LogP contribution in [0.4, 0.5) is 5.69 Å². The predicted octanol–water partition coefficient (Wildman–Crippen LogP) is 7.19. The number of aldehydes is 1. The van der Waals surface area contributed by atoms with Crippen molar-refractivity contribution in [1.82, 2.24) is 0 Å². The SMILES string of the molecule is CCCCc1cc(N[C@H](CCC2=C(C=O)CCCC2)CO[Si](c2ccccc2)(c2ccccc2)C(C)(C)C)cc(=O)o1. The number of anilines is 1. The molecule has 5 nitrogen and oxygen atoms in total. The van der Waals surface area contributed by atoms with Gasteiger partial charge in [-0.2, -0.15) is 0 Å². The fraction of sp³-hybridized carbons (Fsp3) is 0.444. The second kappa shape index (κ2) is 14.8. The van der Waals surface area contributed by atoms with Gasteiger partial charge in [-0.1, -0.05) is 100 Å². The van der Waals surface area contributed by atoms with Crippen molar-refractivity contribution in [3.8, 4) is 0 Å². The number of benzene rings is 2. The molecular formula is C36H47NO4Si. The van der Waals surface area contributed by atoms with Gasteiger partial charge < -0.3 is 14.2 Å². The molecule has 0 radical (unpaired) electrons. The van der Waals surface area contributed by atoms with Gasteiger partial charge in [-0.3, -0.25) is 4.79 Å². The summed E-state index contributed by atoms with van der Waals surface area (Å²) in [5.41, 5.74) is 2.66. The van der Waals surface area contributed by atoms with E-state index in [1.807, 2.05) is 6.07 Å². The van der Waals surface area contributed by atoms with E-state index in [0.29, 0.717) is 12.4 Å². The summed E-state index contributed by atoms with van der Waals surface area (Å²) in [5.74, 6) is 0.705. The van der Waals surface area contributed by atoms with E-state index in [2.05, 4.69) is 93.7 Å². The molecule has 2 aromatic carbocycles. The molecule has 0 aliphatic heterocycles. The Morgan fingerprint density at radius 1 is 0.952 bits per heavy atom. The minimum Gasteiger partial charge on any atom is -0.428 e. The van der Waals surface area contributed by atoms with Crippen LogP contribution in [0.5, 0.6) is 0 Å². The summed E-state index contributed by atoms with van der Waals surface area (Å²) < 4.78 is 12.8. The lowest BCUT2D eigenvalue weighted by molar-refractivity contribution is -0.105. The highest BCUT2D eigenvalue weighted by Gasteiger charge is 2.50. The Morgan fingerprint density at radius 3 is 2.19 bits per heavy atom. The van der Waals surface area contributed by atoms with Gasteiger partial charge in [0.2, 0.25) is 0 Å². The van der Waals surface area contributed by atoms with Gasteiger partial charge in [-0.05, 0) is 65.9 Å². The highest BCUT2D eigenvalue weighted by atomic mass is 28.4. The lowest BCUT2D eigenvalue weighted by atomic mass is 9.89. The van der Waals surface area contributed by atoms with Crippen LogP contribution in [0, 0.1) is 0 Å². The number of rotatable bonds is 14. The van der Waals surface area contributed by atoms with Crippen LogP contribution >= 0.6 is 0 Å². The maximum atomic E-state index is 12.5. The summed E-state index contributed by atoms with van der Waals surface area (Å²) in [7, 11) is -2.75. The smallest absolute Gasteiger partial charge is 0.337 e. The molecule has 1 aliphatic carbocycles. The average Bonchev–Trinajstić information content (AvgIpc) is 2.99. The van der Waals surface area contributed by atoms with E-state index in [-0.39, 0.29) is 16.7 Å². The van der Waals surface area contributed by atoms with Crippen LogP contribution in [-0.4, -0.2) is 27.3 Å². The number of unbranched alkanes of at least 4 members (excludes halogenated alkanes) is 1. The van der Waals surface area contributed by atoms with E-state index < -0.39 is 8.32 Å². The molecule has 1 aromatic heterocycles. The zero-order valence-electron chi connectivity index (χ0n) is 25.8. The summed E-state index contributed by atoms with van der Waals surface area (Å²) in [4.78, 5) is 24.3. The lowest BCUT2D eigenvalue weighted by Gasteiger charge is -2.44. The van der Waals surface area contributed by atoms with Gasteiger partial charge in [0.25, 0.3) is 8.32 Å². The average molecular weight is 586 g/mol. The summed E-state index contributed by atoms with van der Waals surface area (Å²) >= 11 is 0. The summed E-state index contributed by atoms with van der Waals surface area (Å²) in [6, 6.07) is 24.8. The number of hydrogen-bond acceptors (Lipinski definition) is 5. The first kappa shape index (κ1) is 31.7. The third kappa shape index (κ3) is 7.78. The van der Waals surface area contributed by atoms with Gasteiger partial charge in [0.15, 0.2) is 0 Å². The van der Waals surface area contributed by atoms with Gasteiger partial charge in [-0.25, -0.2) is 4.79 Å². The largest absolute Gasteiger partial charge is 0.428 e. The summed E-state index contributed by atoms with van der Waals surface area (Å²) in [6.45, 7) is 9.46. The van der Waals surface area contributed by atoms with Crippen LogP contribution in [0.2, 0.25) is 5.04 Å². The molecule has 1 N–H and O–H groups in total. The number of nitrogens with one attached hydrogen (secondary N) is 1. The van der Waals surface area contributed by atoms with Crippen molar-refractivity contribution < 1.29 is 13.6 Å². The summed E-state index contributed by atoms with van der Waals surface area (Å²) in [5, 5.41) is 6.00. The van der Waals surface area contributed by atoms with Crippen LogP contribution < -0.4 is 21.3 Å². The first-order valence-electron chi connectivity index (χ1n) is 15.6. The molecule has 0 amide bonds. The quantitative estimate of drug-likeness (QED) is 0.160. The Labute approximate surface area is 252 Å². The van der Waals surface area contributed by atoms with Crippen LogP contribution in [0.25, 0.3) is 0 Å². The normalized spacial score (nSPS) is 15.0. The van der Waals surface area contributed by atoms with Crippen LogP contribution in [-0.2, 0) is 15.6 Å². The molecule has 0 bridgehead atoms. The van der Waals surface area contributed by atoms with E-state index in [0.717, 1.165) is 75.3 Å². The van der Waals surface area contributed by atoms with E-state index in [4.69, 9.17) is 8.84 Å². The summed E-state index contributed by atoms with van der Waals surface area (Å²) in [6.07, 6.45) is 9.48. The van der Waals surface area contributed by atoms with E-state index in [1.165, 1.54) is 15.9 Å². The lowest BCUT2D eigenvalue weighted by Crippen LogP contribution is -2.67. The predicted molar refractivity (Wildman–Crippen MR) is 175 cm³/mol. The van der Waals surface area contributed by atoms with Crippen molar-refractivity contribution in [3.63, 3.8) is 0 Å². The topological polar surface area (TPSA) is 68.5 Å². The Bertz CT molecular complexity index is 1340. The van der Waals surface area contributed by atoms with Crippen molar-refractivity contribution >= 4 is 30.7 Å². The Kier molecular flexibility index (Phi) is 11.2. The van der Waals surface area contributed by atoms with Crippen molar-refractivity contribution in [2.24, 2.45) is 0 Å². The van der Waals surface area contributed by atoms with Crippen LogP contribution in [0.1, 0.15) is 84.8 Å². The third-order valence-corrected chi connectivity index (χ3v) is 13.5. The first-order valence-corrected chi connectivity index (χ1v) is 17.5. The van der Waals surface area contributed by atoms with Crippen LogP contribution in [0.3, 0.4) is 0 Å². The van der Waals surface area contributed by atoms with Crippen molar-refractivity contribution in [2.45, 2.75) is 96.6 Å². The molecule has 1 aliphatic rings. The molecular weight excluding hydrogens is 538 g/mol. The highest BCUT2D eigenvalue weighted by Crippen LogP contribution is 2.37. The number of carbonyl (C=O) groups excluding carboxylic acids is 1. The second-order valence-electron chi connectivity index (χ2n) is 12.5. The Morgan fingerprint density at radius 2 is 1.60 bits per heavy atom. The minimum atomic E-state index is -2.75. The van der Waals surface area contributed by atoms with Gasteiger partial charge >= 0.3 is 5.63 Å². The molecule has 1 atom stereocenters.